The molecule has 1 aromatic carbocycles. The van der Waals surface area contributed by atoms with Gasteiger partial charge in [-0.3, -0.25) is 4.98 Å². The minimum Gasteiger partial charge on any atom is -0.497 e. The summed E-state index contributed by atoms with van der Waals surface area (Å²) in [5.41, 5.74) is 7.41. The average molecular weight is 431 g/mol. The molecule has 0 amide bonds. The smallest absolute Gasteiger partial charge is 0.351 e. The number of ether oxygens (including phenoxy) is 1. The molecule has 164 valence electrons. The summed E-state index contributed by atoms with van der Waals surface area (Å²) in [4.78, 5) is 24.2. The van der Waals surface area contributed by atoms with Gasteiger partial charge in [-0.15, -0.1) is 5.10 Å². The molecule has 3 aromatic heterocycles. The van der Waals surface area contributed by atoms with E-state index in [1.165, 1.54) is 10.2 Å². The van der Waals surface area contributed by atoms with Crippen molar-refractivity contribution in [2.45, 2.75) is 33.7 Å². The Morgan fingerprint density at radius 1 is 1.12 bits per heavy atom. The van der Waals surface area contributed by atoms with Crippen LogP contribution in [-0.2, 0) is 20.0 Å². The van der Waals surface area contributed by atoms with E-state index in [1.807, 2.05) is 32.2 Å². The van der Waals surface area contributed by atoms with Crippen LogP contribution in [0.5, 0.6) is 5.75 Å². The number of methoxy groups -OCH3 is 1. The van der Waals surface area contributed by atoms with Gasteiger partial charge in [0, 0.05) is 55.3 Å². The Morgan fingerprint density at radius 3 is 2.69 bits per heavy atom. The third-order valence-corrected chi connectivity index (χ3v) is 6.41. The van der Waals surface area contributed by atoms with E-state index in [1.54, 1.807) is 18.6 Å². The van der Waals surface area contributed by atoms with Crippen LogP contribution in [0.3, 0.4) is 0 Å². The summed E-state index contributed by atoms with van der Waals surface area (Å²) >= 11 is 0. The van der Waals surface area contributed by atoms with Crippen molar-refractivity contribution in [2.75, 3.05) is 18.6 Å². The number of benzene rings is 1. The molecular weight excluding hydrogens is 404 g/mol. The topological polar surface area (TPSA) is 77.5 Å². The van der Waals surface area contributed by atoms with E-state index in [0.29, 0.717) is 12.3 Å². The van der Waals surface area contributed by atoms with E-state index in [0.717, 1.165) is 58.2 Å². The van der Waals surface area contributed by atoms with E-state index in [2.05, 4.69) is 29.1 Å². The molecule has 1 aliphatic heterocycles. The van der Waals surface area contributed by atoms with Crippen molar-refractivity contribution in [3.63, 3.8) is 0 Å². The lowest BCUT2D eigenvalue weighted by atomic mass is 9.97. The summed E-state index contributed by atoms with van der Waals surface area (Å²) in [5.74, 6) is 2.16. The standard InChI is InChI=1S/C24H26N6O2/c1-14-10-19(32-5)6-7-20(14)17-11-18-13-29(9-8-21(18)25-12-17)22-15(2)16(3)30-23(26-22)27-28(4)24(30)31/h6-7,10-12H,8-9,13H2,1-5H3. The molecule has 32 heavy (non-hydrogen) atoms. The number of rotatable bonds is 3. The first-order chi connectivity index (χ1) is 15.4. The highest BCUT2D eigenvalue weighted by Crippen LogP contribution is 2.31. The first kappa shape index (κ1) is 20.2. The molecule has 4 aromatic rings. The van der Waals surface area contributed by atoms with Crippen molar-refractivity contribution in [1.82, 2.24) is 24.1 Å². The molecule has 0 unspecified atom stereocenters. The van der Waals surface area contributed by atoms with Gasteiger partial charge in [0.1, 0.15) is 11.6 Å². The lowest BCUT2D eigenvalue weighted by Gasteiger charge is -2.31. The lowest BCUT2D eigenvalue weighted by molar-refractivity contribution is 0.414. The third kappa shape index (κ3) is 3.14. The minimum absolute atomic E-state index is 0.174. The van der Waals surface area contributed by atoms with Gasteiger partial charge in [0.05, 0.1) is 7.11 Å². The zero-order chi connectivity index (χ0) is 22.6. The van der Waals surface area contributed by atoms with Gasteiger partial charge in [-0.05, 0) is 55.7 Å². The van der Waals surface area contributed by atoms with E-state index < -0.39 is 0 Å². The Balaban J connectivity index is 1.53. The Labute approximate surface area is 186 Å². The molecule has 0 saturated heterocycles. The Morgan fingerprint density at radius 2 is 1.94 bits per heavy atom. The largest absolute Gasteiger partial charge is 0.497 e. The maximum absolute atomic E-state index is 12.4. The highest BCUT2D eigenvalue weighted by atomic mass is 16.5. The molecule has 0 bridgehead atoms. The summed E-state index contributed by atoms with van der Waals surface area (Å²) in [6.07, 6.45) is 2.81. The van der Waals surface area contributed by atoms with Gasteiger partial charge in [-0.2, -0.15) is 4.98 Å². The van der Waals surface area contributed by atoms with Gasteiger partial charge >= 0.3 is 5.69 Å². The van der Waals surface area contributed by atoms with Crippen molar-refractivity contribution >= 4 is 11.6 Å². The Bertz CT molecular complexity index is 1420. The first-order valence-electron chi connectivity index (χ1n) is 10.7. The maximum atomic E-state index is 12.4. The van der Waals surface area contributed by atoms with Crippen LogP contribution in [-0.4, -0.2) is 37.8 Å². The summed E-state index contributed by atoms with van der Waals surface area (Å²) in [7, 11) is 3.33. The zero-order valence-corrected chi connectivity index (χ0v) is 19.0. The summed E-state index contributed by atoms with van der Waals surface area (Å²) in [5, 5.41) is 4.30. The molecular formula is C24H26N6O2. The fraction of sp³-hybridized carbons (Fsp3) is 0.333. The number of hydrogen-bond acceptors (Lipinski definition) is 6. The van der Waals surface area contributed by atoms with Gasteiger partial charge < -0.3 is 9.64 Å². The second-order valence-electron chi connectivity index (χ2n) is 8.37. The van der Waals surface area contributed by atoms with Gasteiger partial charge in [-0.25, -0.2) is 13.9 Å². The number of pyridine rings is 1. The van der Waals surface area contributed by atoms with Gasteiger partial charge in [0.15, 0.2) is 0 Å². The molecule has 0 spiro atoms. The summed E-state index contributed by atoms with van der Waals surface area (Å²) < 4.78 is 8.25. The van der Waals surface area contributed by atoms with Crippen molar-refractivity contribution in [2.24, 2.45) is 7.05 Å². The summed E-state index contributed by atoms with van der Waals surface area (Å²) in [6.45, 7) is 7.58. The van der Waals surface area contributed by atoms with Crippen LogP contribution in [0.1, 0.15) is 28.1 Å². The van der Waals surface area contributed by atoms with Gasteiger partial charge in [0.25, 0.3) is 5.78 Å². The van der Waals surface area contributed by atoms with Gasteiger partial charge in [-0.1, -0.05) is 6.07 Å². The molecule has 5 rings (SSSR count). The number of nitrogens with zero attached hydrogens (tertiary/aromatic N) is 6. The fourth-order valence-corrected chi connectivity index (χ4v) is 4.48. The van der Waals surface area contributed by atoms with Crippen molar-refractivity contribution in [3.8, 4) is 16.9 Å². The normalized spacial score (nSPS) is 13.5. The highest BCUT2D eigenvalue weighted by Gasteiger charge is 2.23. The van der Waals surface area contributed by atoms with E-state index >= 15 is 0 Å². The average Bonchev–Trinajstić information content (AvgIpc) is 3.08. The predicted molar refractivity (Wildman–Crippen MR) is 123 cm³/mol. The Kier molecular flexibility index (Phi) is 4.73. The molecule has 8 nitrogen and oxygen atoms in total. The monoisotopic (exact) mass is 430 g/mol. The SMILES string of the molecule is COc1ccc(-c2cnc3c(c2)CN(c2nc4nn(C)c(=O)n4c(C)c2C)CC3)c(C)c1. The zero-order valence-electron chi connectivity index (χ0n) is 19.0. The molecule has 1 aliphatic rings. The summed E-state index contributed by atoms with van der Waals surface area (Å²) in [6, 6.07) is 8.34. The third-order valence-electron chi connectivity index (χ3n) is 6.41. The van der Waals surface area contributed by atoms with Crippen molar-refractivity contribution in [3.05, 3.63) is 69.0 Å². The van der Waals surface area contributed by atoms with Gasteiger partial charge in [0.2, 0.25) is 0 Å². The second-order valence-corrected chi connectivity index (χ2v) is 8.37. The number of aromatic nitrogens is 5. The van der Waals surface area contributed by atoms with Crippen LogP contribution < -0.4 is 15.3 Å². The number of fused-ring (bicyclic) bond motifs is 2. The number of hydrogen-bond donors (Lipinski definition) is 0. The molecule has 0 saturated carbocycles. The van der Waals surface area contributed by atoms with E-state index in [-0.39, 0.29) is 5.69 Å². The lowest BCUT2D eigenvalue weighted by Crippen LogP contribution is -2.33. The maximum Gasteiger partial charge on any atom is 0.351 e. The van der Waals surface area contributed by atoms with Crippen molar-refractivity contribution < 1.29 is 4.74 Å². The van der Waals surface area contributed by atoms with Crippen LogP contribution in [0, 0.1) is 20.8 Å². The first-order valence-corrected chi connectivity index (χ1v) is 10.7. The molecule has 0 aliphatic carbocycles. The molecule has 0 radical (unpaired) electrons. The van der Waals surface area contributed by atoms with Crippen molar-refractivity contribution in [1.29, 1.82) is 0 Å². The predicted octanol–water partition coefficient (Wildman–Crippen LogP) is 2.99. The van der Waals surface area contributed by atoms with Crippen LogP contribution in [0.2, 0.25) is 0 Å². The number of aryl methyl sites for hydroxylation is 3. The minimum atomic E-state index is -0.174. The van der Waals surface area contributed by atoms with Crippen LogP contribution in [0.25, 0.3) is 16.9 Å². The fourth-order valence-electron chi connectivity index (χ4n) is 4.48. The molecule has 4 heterocycles. The van der Waals surface area contributed by atoms with Crippen LogP contribution in [0.4, 0.5) is 5.82 Å². The second kappa shape index (κ2) is 7.47. The van der Waals surface area contributed by atoms with E-state index in [9.17, 15) is 4.79 Å². The Hall–Kier alpha value is -3.68. The number of anilines is 1. The highest BCUT2D eigenvalue weighted by molar-refractivity contribution is 5.68. The molecule has 0 fully saturated rings. The molecule has 8 heteroatoms. The van der Waals surface area contributed by atoms with Crippen LogP contribution >= 0.6 is 0 Å². The molecule has 0 atom stereocenters. The quantitative estimate of drug-likeness (QED) is 0.497. The molecule has 0 N–H and O–H groups in total. The van der Waals surface area contributed by atoms with E-state index in [4.69, 9.17) is 14.7 Å². The van der Waals surface area contributed by atoms with Crippen LogP contribution in [0.15, 0.2) is 35.3 Å².